The molecule has 0 aliphatic heterocycles. The third kappa shape index (κ3) is 4.59. The van der Waals surface area contributed by atoms with E-state index in [0.29, 0.717) is 6.61 Å². The van der Waals surface area contributed by atoms with Gasteiger partial charge < -0.3 is 9.47 Å². The second kappa shape index (κ2) is 8.04. The lowest BCUT2D eigenvalue weighted by Gasteiger charge is -2.16. The van der Waals surface area contributed by atoms with E-state index in [2.05, 4.69) is 5.43 Å². The summed E-state index contributed by atoms with van der Waals surface area (Å²) in [6.07, 6.45) is -0.740. The fourth-order valence-electron chi connectivity index (χ4n) is 1.87. The molecule has 110 valence electrons. The second-order valence-corrected chi connectivity index (χ2v) is 4.33. The van der Waals surface area contributed by atoms with Crippen molar-refractivity contribution < 1.29 is 14.3 Å². The van der Waals surface area contributed by atoms with Crippen LogP contribution in [0.2, 0.25) is 0 Å². The van der Waals surface area contributed by atoms with Gasteiger partial charge >= 0.3 is 0 Å². The maximum absolute atomic E-state index is 11.8. The Morgan fingerprint density at radius 2 is 1.62 bits per heavy atom. The number of carbonyl (C=O) groups is 1. The van der Waals surface area contributed by atoms with Gasteiger partial charge in [0.25, 0.3) is 5.91 Å². The van der Waals surface area contributed by atoms with Crippen LogP contribution in [0.3, 0.4) is 0 Å². The Balaban J connectivity index is 1.87. The first kappa shape index (κ1) is 15.0. The molecule has 2 aromatic rings. The summed E-state index contributed by atoms with van der Waals surface area (Å²) in [5, 5.41) is 0. The second-order valence-electron chi connectivity index (χ2n) is 4.33. The lowest BCUT2D eigenvalue weighted by atomic mass is 10.1. The first-order chi connectivity index (χ1) is 10.3. The molecule has 0 aliphatic rings. The molecule has 1 unspecified atom stereocenters. The summed E-state index contributed by atoms with van der Waals surface area (Å²) >= 11 is 0. The Kier molecular flexibility index (Phi) is 5.75. The van der Waals surface area contributed by atoms with Crippen LogP contribution in [-0.2, 0) is 9.53 Å². The number of rotatable bonds is 7. The van der Waals surface area contributed by atoms with Crippen LogP contribution >= 0.6 is 0 Å². The zero-order valence-corrected chi connectivity index (χ0v) is 11.6. The van der Waals surface area contributed by atoms with E-state index in [0.717, 1.165) is 11.3 Å². The smallest absolute Gasteiger partial charge is 0.267 e. The van der Waals surface area contributed by atoms with Crippen molar-refractivity contribution in [1.82, 2.24) is 5.43 Å². The molecule has 2 rings (SSSR count). The standard InChI is InChI=1S/C16H18N2O3/c17-18-16(19)15(13-7-3-1-4-8-13)21-12-11-20-14-9-5-2-6-10-14/h1-10,15H,11-12,17H2,(H,18,19). The third-order valence-electron chi connectivity index (χ3n) is 2.86. The average molecular weight is 286 g/mol. The topological polar surface area (TPSA) is 73.6 Å². The predicted octanol–water partition coefficient (Wildman–Crippen LogP) is 1.81. The normalized spacial score (nSPS) is 11.7. The van der Waals surface area contributed by atoms with Crippen molar-refractivity contribution in [3.8, 4) is 5.75 Å². The predicted molar refractivity (Wildman–Crippen MR) is 79.4 cm³/mol. The van der Waals surface area contributed by atoms with Crippen molar-refractivity contribution in [1.29, 1.82) is 0 Å². The molecule has 5 heteroatoms. The van der Waals surface area contributed by atoms with E-state index in [9.17, 15) is 4.79 Å². The van der Waals surface area contributed by atoms with Crippen LogP contribution in [0.15, 0.2) is 60.7 Å². The molecular formula is C16H18N2O3. The van der Waals surface area contributed by atoms with Crippen molar-refractivity contribution in [2.24, 2.45) is 5.84 Å². The molecule has 0 fully saturated rings. The van der Waals surface area contributed by atoms with E-state index >= 15 is 0 Å². The highest BCUT2D eigenvalue weighted by molar-refractivity contribution is 5.81. The van der Waals surface area contributed by atoms with Gasteiger partial charge in [-0.1, -0.05) is 48.5 Å². The van der Waals surface area contributed by atoms with Crippen LogP contribution in [0.25, 0.3) is 0 Å². The molecule has 0 heterocycles. The Morgan fingerprint density at radius 1 is 1.00 bits per heavy atom. The Bertz CT molecular complexity index is 546. The van der Waals surface area contributed by atoms with Gasteiger partial charge in [-0.3, -0.25) is 10.2 Å². The summed E-state index contributed by atoms with van der Waals surface area (Å²) < 4.78 is 11.1. The van der Waals surface area contributed by atoms with Crippen LogP contribution in [0, 0.1) is 0 Å². The summed E-state index contributed by atoms with van der Waals surface area (Å²) in [6.45, 7) is 0.632. The summed E-state index contributed by atoms with van der Waals surface area (Å²) in [5.74, 6) is 5.57. The number of hydrogen-bond donors (Lipinski definition) is 2. The molecule has 3 N–H and O–H groups in total. The minimum atomic E-state index is -0.740. The molecule has 0 saturated carbocycles. The van der Waals surface area contributed by atoms with Crippen LogP contribution in [0.1, 0.15) is 11.7 Å². The van der Waals surface area contributed by atoms with E-state index in [1.54, 1.807) is 0 Å². The number of para-hydroxylation sites is 1. The largest absolute Gasteiger partial charge is 0.491 e. The van der Waals surface area contributed by atoms with Crippen molar-refractivity contribution in [3.05, 3.63) is 66.2 Å². The number of benzene rings is 2. The maximum atomic E-state index is 11.8. The third-order valence-corrected chi connectivity index (χ3v) is 2.86. The van der Waals surface area contributed by atoms with Gasteiger partial charge in [0, 0.05) is 0 Å². The zero-order chi connectivity index (χ0) is 14.9. The molecule has 0 aromatic heterocycles. The van der Waals surface area contributed by atoms with Crippen molar-refractivity contribution in [2.75, 3.05) is 13.2 Å². The first-order valence-electron chi connectivity index (χ1n) is 6.66. The zero-order valence-electron chi connectivity index (χ0n) is 11.6. The van der Waals surface area contributed by atoms with Gasteiger partial charge in [0.2, 0.25) is 0 Å². The van der Waals surface area contributed by atoms with E-state index in [-0.39, 0.29) is 12.5 Å². The molecule has 5 nitrogen and oxygen atoms in total. The lowest BCUT2D eigenvalue weighted by molar-refractivity contribution is -0.133. The highest BCUT2D eigenvalue weighted by Gasteiger charge is 2.20. The van der Waals surface area contributed by atoms with Crippen LogP contribution < -0.4 is 16.0 Å². The summed E-state index contributed by atoms with van der Waals surface area (Å²) in [6, 6.07) is 18.6. The summed E-state index contributed by atoms with van der Waals surface area (Å²) in [7, 11) is 0. The van der Waals surface area contributed by atoms with Gasteiger partial charge in [0.05, 0.1) is 6.61 Å². The highest BCUT2D eigenvalue weighted by Crippen LogP contribution is 2.17. The van der Waals surface area contributed by atoms with Gasteiger partial charge in [0.15, 0.2) is 6.10 Å². The van der Waals surface area contributed by atoms with Gasteiger partial charge in [-0.25, -0.2) is 5.84 Å². The van der Waals surface area contributed by atoms with E-state index in [1.165, 1.54) is 0 Å². The number of hydrogen-bond acceptors (Lipinski definition) is 4. The maximum Gasteiger partial charge on any atom is 0.267 e. The number of carbonyl (C=O) groups excluding carboxylic acids is 1. The minimum absolute atomic E-state index is 0.280. The summed E-state index contributed by atoms with van der Waals surface area (Å²) in [5.41, 5.74) is 2.87. The van der Waals surface area contributed by atoms with Crippen LogP contribution in [0.5, 0.6) is 5.75 Å². The molecule has 1 atom stereocenters. The van der Waals surface area contributed by atoms with Crippen molar-refractivity contribution >= 4 is 5.91 Å². The number of amides is 1. The Hall–Kier alpha value is -2.37. The molecule has 1 amide bonds. The molecule has 0 spiro atoms. The van der Waals surface area contributed by atoms with Crippen LogP contribution in [-0.4, -0.2) is 19.1 Å². The molecule has 0 bridgehead atoms. The van der Waals surface area contributed by atoms with Crippen molar-refractivity contribution in [2.45, 2.75) is 6.10 Å². The fourth-order valence-corrected chi connectivity index (χ4v) is 1.87. The fraction of sp³-hybridized carbons (Fsp3) is 0.188. The summed E-state index contributed by atoms with van der Waals surface area (Å²) in [4.78, 5) is 11.8. The quantitative estimate of drug-likeness (QED) is 0.352. The molecule has 0 radical (unpaired) electrons. The van der Waals surface area contributed by atoms with E-state index < -0.39 is 6.10 Å². The molecule has 0 aliphatic carbocycles. The van der Waals surface area contributed by atoms with E-state index in [1.807, 2.05) is 60.7 Å². The number of nitrogens with two attached hydrogens (primary N) is 1. The molecule has 21 heavy (non-hydrogen) atoms. The van der Waals surface area contributed by atoms with E-state index in [4.69, 9.17) is 15.3 Å². The minimum Gasteiger partial charge on any atom is -0.491 e. The molecule has 2 aromatic carbocycles. The Labute approximate surface area is 123 Å². The van der Waals surface area contributed by atoms with Crippen molar-refractivity contribution in [3.63, 3.8) is 0 Å². The lowest BCUT2D eigenvalue weighted by Crippen LogP contribution is -2.36. The molecular weight excluding hydrogens is 268 g/mol. The average Bonchev–Trinajstić information content (AvgIpc) is 2.56. The SMILES string of the molecule is NNC(=O)C(OCCOc1ccccc1)c1ccccc1. The van der Waals surface area contributed by atoms with Crippen LogP contribution in [0.4, 0.5) is 0 Å². The van der Waals surface area contributed by atoms with Gasteiger partial charge in [-0.15, -0.1) is 0 Å². The van der Waals surface area contributed by atoms with Gasteiger partial charge in [-0.2, -0.15) is 0 Å². The molecule has 0 saturated heterocycles. The Morgan fingerprint density at radius 3 is 2.24 bits per heavy atom. The monoisotopic (exact) mass is 286 g/mol. The number of nitrogens with one attached hydrogen (secondary N) is 1. The first-order valence-corrected chi connectivity index (χ1v) is 6.66. The number of hydrazine groups is 1. The van der Waals surface area contributed by atoms with Gasteiger partial charge in [0.1, 0.15) is 12.4 Å². The van der Waals surface area contributed by atoms with Gasteiger partial charge in [-0.05, 0) is 17.7 Å². The number of ether oxygens (including phenoxy) is 2. The highest BCUT2D eigenvalue weighted by atomic mass is 16.5.